The van der Waals surface area contributed by atoms with E-state index in [-0.39, 0.29) is 24.7 Å². The molecule has 2 aliphatic carbocycles. The highest BCUT2D eigenvalue weighted by Gasteiger charge is 2.36. The van der Waals surface area contributed by atoms with Crippen molar-refractivity contribution < 1.29 is 24.2 Å². The molecular weight excluding hydrogens is 669 g/mol. The number of carbonyl (C=O) groups is 2. The maximum absolute atomic E-state index is 12.2. The first-order chi connectivity index (χ1) is 26.2. The third-order valence-corrected chi connectivity index (χ3v) is 12.2. The fraction of sp³-hybridized carbons (Fsp3) is 0.510. The van der Waals surface area contributed by atoms with Crippen LogP contribution in [0.1, 0.15) is 108 Å². The van der Waals surface area contributed by atoms with Gasteiger partial charge in [-0.1, -0.05) is 119 Å². The molecule has 2 fully saturated rings. The second-order valence-corrected chi connectivity index (χ2v) is 16.3. The average molecular weight is 733 g/mol. The molecule has 0 amide bonds. The third-order valence-electron chi connectivity index (χ3n) is 12.2. The van der Waals surface area contributed by atoms with E-state index in [4.69, 9.17) is 9.47 Å². The van der Waals surface area contributed by atoms with Gasteiger partial charge in [0.1, 0.15) is 0 Å². The van der Waals surface area contributed by atoms with Crippen LogP contribution in [0.2, 0.25) is 0 Å². The number of aliphatic hydroxyl groups is 1. The summed E-state index contributed by atoms with van der Waals surface area (Å²) in [6.45, 7) is 13.3. The van der Waals surface area contributed by atoms with Gasteiger partial charge in [-0.05, 0) is 134 Å². The number of fused-ring (bicyclic) bond motifs is 1. The number of aryl methyl sites for hydroxylation is 3. The first-order valence-electron chi connectivity index (χ1n) is 20.8. The Labute approximate surface area is 325 Å². The van der Waals surface area contributed by atoms with Gasteiger partial charge in [0.15, 0.2) is 0 Å². The minimum Gasteiger partial charge on any atom is -0.462 e. The van der Waals surface area contributed by atoms with Gasteiger partial charge < -0.3 is 14.6 Å². The Morgan fingerprint density at radius 2 is 1.33 bits per heavy atom. The van der Waals surface area contributed by atoms with Crippen LogP contribution >= 0.6 is 0 Å². The molecule has 3 aromatic rings. The number of ether oxygens (including phenoxy) is 2. The summed E-state index contributed by atoms with van der Waals surface area (Å²) in [4.78, 5) is 24.3. The van der Waals surface area contributed by atoms with E-state index in [0.717, 1.165) is 43.4 Å². The molecule has 0 heterocycles. The molecule has 290 valence electrons. The Hall–Kier alpha value is -3.96. The van der Waals surface area contributed by atoms with E-state index in [0.29, 0.717) is 11.5 Å². The summed E-state index contributed by atoms with van der Waals surface area (Å²) >= 11 is 0. The number of hydrogen-bond donors (Lipinski definition) is 1. The highest BCUT2D eigenvalue weighted by molar-refractivity contribution is 5.88. The Balaban J connectivity index is 1.09. The Kier molecular flexibility index (Phi) is 15.8. The Morgan fingerprint density at radius 3 is 1.96 bits per heavy atom. The van der Waals surface area contributed by atoms with Gasteiger partial charge in [0.05, 0.1) is 25.4 Å². The lowest BCUT2D eigenvalue weighted by atomic mass is 9.63. The van der Waals surface area contributed by atoms with Crippen LogP contribution in [0, 0.1) is 29.6 Å². The van der Waals surface area contributed by atoms with Crippen LogP contribution in [0.25, 0.3) is 22.3 Å². The van der Waals surface area contributed by atoms with Gasteiger partial charge in [0.2, 0.25) is 0 Å². The van der Waals surface area contributed by atoms with E-state index >= 15 is 0 Å². The highest BCUT2D eigenvalue weighted by atomic mass is 16.5. The molecular formula is C49H64O5. The minimum absolute atomic E-state index is 0.0310. The van der Waals surface area contributed by atoms with Crippen LogP contribution in [0.4, 0.5) is 0 Å². The number of benzene rings is 3. The summed E-state index contributed by atoms with van der Waals surface area (Å²) in [5.41, 5.74) is 9.88. The molecule has 1 N–H and O–H groups in total. The van der Waals surface area contributed by atoms with Crippen molar-refractivity contribution in [1.29, 1.82) is 0 Å². The summed E-state index contributed by atoms with van der Waals surface area (Å²) in [5.74, 6) is 1.71. The predicted octanol–water partition coefficient (Wildman–Crippen LogP) is 11.3. The summed E-state index contributed by atoms with van der Waals surface area (Å²) < 4.78 is 10.9. The van der Waals surface area contributed by atoms with Crippen molar-refractivity contribution in [2.75, 3.05) is 19.8 Å². The zero-order valence-corrected chi connectivity index (χ0v) is 33.3. The van der Waals surface area contributed by atoms with Crippen LogP contribution in [-0.2, 0) is 38.3 Å². The van der Waals surface area contributed by atoms with Crippen LogP contribution in [0.3, 0.4) is 0 Å². The molecule has 54 heavy (non-hydrogen) atoms. The van der Waals surface area contributed by atoms with E-state index in [1.807, 2.05) is 0 Å². The van der Waals surface area contributed by atoms with Crippen molar-refractivity contribution in [1.82, 2.24) is 0 Å². The standard InChI is InChI=1S/C49H64O5/c1-6-8-9-10-36-15-21-43(22-16-36)47-26-25-46(30-41(47)7-2)42-19-13-37(14-20-42)11-12-38-17-23-45-29-39(18-24-44(45)28-38)27-40(32-53-48(51)34(3)4)33-54-49(52)35(5)31-50/h13-16,19-22,25-26,30,38-40,44-45,50H,3,5-12,17-18,23-24,27-29,31-33H2,1-2,4H3. The van der Waals surface area contributed by atoms with Gasteiger partial charge >= 0.3 is 11.9 Å². The summed E-state index contributed by atoms with van der Waals surface area (Å²) in [6, 6.07) is 25.5. The first kappa shape index (κ1) is 41.2. The van der Waals surface area contributed by atoms with Crippen molar-refractivity contribution in [3.8, 4) is 22.3 Å². The predicted molar refractivity (Wildman–Crippen MR) is 221 cm³/mol. The maximum Gasteiger partial charge on any atom is 0.335 e. The molecule has 2 saturated carbocycles. The number of carbonyl (C=O) groups excluding carboxylic acids is 2. The van der Waals surface area contributed by atoms with Gasteiger partial charge in [-0.3, -0.25) is 0 Å². The van der Waals surface area contributed by atoms with Crippen LogP contribution in [-0.4, -0.2) is 36.9 Å². The van der Waals surface area contributed by atoms with Crippen molar-refractivity contribution in [3.05, 3.63) is 108 Å². The zero-order chi connectivity index (χ0) is 38.5. The lowest BCUT2D eigenvalue weighted by molar-refractivity contribution is -0.145. The van der Waals surface area contributed by atoms with Crippen molar-refractivity contribution in [2.24, 2.45) is 29.6 Å². The van der Waals surface area contributed by atoms with Crippen LogP contribution < -0.4 is 0 Å². The maximum atomic E-state index is 12.2. The largest absolute Gasteiger partial charge is 0.462 e. The van der Waals surface area contributed by atoms with E-state index < -0.39 is 18.5 Å². The summed E-state index contributed by atoms with van der Waals surface area (Å²) in [6.07, 6.45) is 16.7. The quantitative estimate of drug-likeness (QED) is 0.0755. The second-order valence-electron chi connectivity index (χ2n) is 16.3. The van der Waals surface area contributed by atoms with E-state index in [9.17, 15) is 14.7 Å². The van der Waals surface area contributed by atoms with E-state index in [1.54, 1.807) is 6.92 Å². The Morgan fingerprint density at radius 1 is 0.741 bits per heavy atom. The lowest BCUT2D eigenvalue weighted by Crippen LogP contribution is -2.33. The first-order valence-corrected chi connectivity index (χ1v) is 20.8. The molecule has 2 aliphatic rings. The smallest absolute Gasteiger partial charge is 0.335 e. The number of hydrogen-bond acceptors (Lipinski definition) is 5. The zero-order valence-electron chi connectivity index (χ0n) is 33.3. The molecule has 5 rings (SSSR count). The fourth-order valence-corrected chi connectivity index (χ4v) is 8.90. The normalized spacial score (nSPS) is 20.1. The van der Waals surface area contributed by atoms with E-state index in [1.165, 1.54) is 103 Å². The van der Waals surface area contributed by atoms with Crippen molar-refractivity contribution >= 4 is 11.9 Å². The fourth-order valence-electron chi connectivity index (χ4n) is 8.90. The number of rotatable bonds is 19. The summed E-state index contributed by atoms with van der Waals surface area (Å²) in [5, 5.41) is 9.23. The number of unbranched alkanes of at least 4 members (excludes halogenated alkanes) is 2. The minimum atomic E-state index is -0.600. The lowest BCUT2D eigenvalue weighted by Gasteiger charge is -2.43. The van der Waals surface area contributed by atoms with Gasteiger partial charge in [-0.25, -0.2) is 9.59 Å². The molecule has 5 unspecified atom stereocenters. The Bertz CT molecular complexity index is 1690. The molecule has 3 aromatic carbocycles. The van der Waals surface area contributed by atoms with Crippen LogP contribution in [0.5, 0.6) is 0 Å². The van der Waals surface area contributed by atoms with Crippen LogP contribution in [0.15, 0.2) is 91.0 Å². The number of aliphatic hydroxyl groups excluding tert-OH is 1. The molecule has 0 radical (unpaired) electrons. The van der Waals surface area contributed by atoms with E-state index in [2.05, 4.69) is 93.7 Å². The number of esters is 2. The molecule has 0 saturated heterocycles. The van der Waals surface area contributed by atoms with Crippen molar-refractivity contribution in [2.45, 2.75) is 111 Å². The molecule has 5 heteroatoms. The third kappa shape index (κ3) is 11.8. The molecule has 0 bridgehead atoms. The highest BCUT2D eigenvalue weighted by Crippen LogP contribution is 2.47. The molecule has 0 aliphatic heterocycles. The summed E-state index contributed by atoms with van der Waals surface area (Å²) in [7, 11) is 0. The topological polar surface area (TPSA) is 72.8 Å². The molecule has 0 aromatic heterocycles. The molecule has 5 atom stereocenters. The monoisotopic (exact) mass is 732 g/mol. The SMILES string of the molecule is C=C(C)C(=O)OCC(COC(=O)C(=C)CO)CC1CCC2CC(CCc3ccc(-c4ccc(-c5ccc(CCCCC)cc5)c(CC)c4)cc3)CCC2C1. The van der Waals surface area contributed by atoms with Gasteiger partial charge in [0.25, 0.3) is 0 Å². The molecule has 5 nitrogen and oxygen atoms in total. The molecule has 0 spiro atoms. The van der Waals surface area contributed by atoms with Crippen molar-refractivity contribution in [3.63, 3.8) is 0 Å². The second kappa shape index (κ2) is 20.6. The van der Waals surface area contributed by atoms with Gasteiger partial charge in [-0.2, -0.15) is 0 Å². The van der Waals surface area contributed by atoms with Gasteiger partial charge in [-0.15, -0.1) is 0 Å². The van der Waals surface area contributed by atoms with Gasteiger partial charge in [0, 0.05) is 11.5 Å². The average Bonchev–Trinajstić information content (AvgIpc) is 3.20.